The van der Waals surface area contributed by atoms with Crippen LogP contribution in [-0.2, 0) is 4.74 Å². The van der Waals surface area contributed by atoms with E-state index < -0.39 is 24.9 Å². The van der Waals surface area contributed by atoms with Gasteiger partial charge < -0.3 is 9.84 Å². The van der Waals surface area contributed by atoms with Crippen LogP contribution in [0.15, 0.2) is 0 Å². The fraction of sp³-hybridized carbons (Fsp3) is 0.800. The molecular formula is C5H7F3O3. The lowest BCUT2D eigenvalue weighted by molar-refractivity contribution is -0.196. The average molecular weight is 172 g/mol. The van der Waals surface area contributed by atoms with Gasteiger partial charge >= 0.3 is 18.4 Å². The highest BCUT2D eigenvalue weighted by molar-refractivity contribution is 5.57. The lowest BCUT2D eigenvalue weighted by atomic mass is 10.2. The molecule has 0 saturated heterocycles. The van der Waals surface area contributed by atoms with Crippen molar-refractivity contribution < 1.29 is 27.8 Å². The zero-order valence-electron chi connectivity index (χ0n) is 5.68. The van der Waals surface area contributed by atoms with Gasteiger partial charge in [0.15, 0.2) is 0 Å². The van der Waals surface area contributed by atoms with Gasteiger partial charge in [-0.15, -0.1) is 0 Å². The molecule has 11 heavy (non-hydrogen) atoms. The van der Waals surface area contributed by atoms with Crippen molar-refractivity contribution in [3.63, 3.8) is 0 Å². The van der Waals surface area contributed by atoms with Gasteiger partial charge in [-0.25, -0.2) is 13.6 Å². The Morgan fingerprint density at radius 3 is 2.27 bits per heavy atom. The molecule has 0 aliphatic carbocycles. The number of carboxylic acid groups (broad SMARTS) is 1. The zero-order chi connectivity index (χ0) is 9.07. The van der Waals surface area contributed by atoms with Crippen LogP contribution in [0.5, 0.6) is 0 Å². The van der Waals surface area contributed by atoms with E-state index in [1.165, 1.54) is 0 Å². The average Bonchev–Trinajstić information content (AvgIpc) is 1.86. The number of rotatable bonds is 3. The van der Waals surface area contributed by atoms with E-state index in [2.05, 4.69) is 4.74 Å². The molecule has 0 aliphatic heterocycles. The van der Waals surface area contributed by atoms with Crippen LogP contribution in [0.4, 0.5) is 18.0 Å². The van der Waals surface area contributed by atoms with Crippen LogP contribution in [0, 0.1) is 0 Å². The van der Waals surface area contributed by atoms with Gasteiger partial charge in [-0.1, -0.05) is 6.92 Å². The molecule has 1 unspecified atom stereocenters. The molecule has 0 aromatic rings. The van der Waals surface area contributed by atoms with Gasteiger partial charge in [0.25, 0.3) is 0 Å². The van der Waals surface area contributed by atoms with Crippen LogP contribution in [0.3, 0.4) is 0 Å². The first kappa shape index (κ1) is 10.1. The molecule has 0 rings (SSSR count). The molecule has 0 aliphatic rings. The fourth-order valence-corrected chi connectivity index (χ4v) is 0.416. The summed E-state index contributed by atoms with van der Waals surface area (Å²) >= 11 is 0. The van der Waals surface area contributed by atoms with Crippen molar-refractivity contribution >= 4 is 6.16 Å². The third kappa shape index (κ3) is 2.65. The molecule has 0 saturated carbocycles. The Bertz CT molecular complexity index is 150. The van der Waals surface area contributed by atoms with E-state index in [4.69, 9.17) is 5.11 Å². The van der Waals surface area contributed by atoms with E-state index in [0.29, 0.717) is 0 Å². The predicted octanol–water partition coefficient (Wildman–Crippen LogP) is 2.02. The van der Waals surface area contributed by atoms with Gasteiger partial charge in [0.2, 0.25) is 0 Å². The van der Waals surface area contributed by atoms with Crippen LogP contribution >= 0.6 is 0 Å². The maximum absolute atomic E-state index is 12.5. The Morgan fingerprint density at radius 1 is 1.73 bits per heavy atom. The van der Waals surface area contributed by atoms with Crippen molar-refractivity contribution in [3.05, 3.63) is 0 Å². The summed E-state index contributed by atoms with van der Waals surface area (Å²) in [5, 5.41) is 7.83. The molecule has 0 aromatic heterocycles. The zero-order valence-corrected chi connectivity index (χ0v) is 5.68. The molecule has 0 amide bonds. The van der Waals surface area contributed by atoms with Gasteiger partial charge in [-0.3, -0.25) is 0 Å². The van der Waals surface area contributed by atoms with Crippen LogP contribution in [0.1, 0.15) is 13.3 Å². The summed E-state index contributed by atoms with van der Waals surface area (Å²) in [5.41, 5.74) is 0. The molecule has 0 fully saturated rings. The number of ether oxygens (including phenoxy) is 1. The van der Waals surface area contributed by atoms with E-state index in [1.54, 1.807) is 0 Å². The minimum atomic E-state index is -3.46. The third-order valence-corrected chi connectivity index (χ3v) is 1.06. The summed E-state index contributed by atoms with van der Waals surface area (Å²) in [7, 11) is 0. The first-order valence-electron chi connectivity index (χ1n) is 2.81. The Kier molecular flexibility index (Phi) is 3.16. The topological polar surface area (TPSA) is 46.5 Å². The molecule has 0 radical (unpaired) electrons. The second-order valence-electron chi connectivity index (χ2n) is 1.81. The van der Waals surface area contributed by atoms with Crippen molar-refractivity contribution in [2.45, 2.75) is 25.6 Å². The molecule has 0 bridgehead atoms. The quantitative estimate of drug-likeness (QED) is 0.662. The SMILES string of the molecule is CCC(F)(OC(=O)O)C(F)F. The summed E-state index contributed by atoms with van der Waals surface area (Å²) in [5.74, 6) is -3.37. The smallest absolute Gasteiger partial charge is 0.450 e. The highest BCUT2D eigenvalue weighted by Crippen LogP contribution is 2.26. The van der Waals surface area contributed by atoms with Gasteiger partial charge in [-0.2, -0.15) is 4.39 Å². The van der Waals surface area contributed by atoms with Crippen LogP contribution < -0.4 is 0 Å². The molecule has 0 aromatic carbocycles. The minimum Gasteiger partial charge on any atom is -0.450 e. The molecular weight excluding hydrogens is 165 g/mol. The molecule has 0 spiro atoms. The molecule has 66 valence electrons. The lowest BCUT2D eigenvalue weighted by Gasteiger charge is -2.20. The maximum atomic E-state index is 12.5. The van der Waals surface area contributed by atoms with E-state index in [-0.39, 0.29) is 0 Å². The van der Waals surface area contributed by atoms with Gasteiger partial charge in [-0.05, 0) is 0 Å². The number of halogens is 3. The van der Waals surface area contributed by atoms with Gasteiger partial charge in [0.1, 0.15) is 0 Å². The largest absolute Gasteiger partial charge is 0.508 e. The number of hydrogen-bond donors (Lipinski definition) is 1. The Balaban J connectivity index is 4.22. The normalized spacial score (nSPS) is 16.1. The van der Waals surface area contributed by atoms with E-state index in [9.17, 15) is 18.0 Å². The van der Waals surface area contributed by atoms with Crippen LogP contribution in [-0.4, -0.2) is 23.5 Å². The van der Waals surface area contributed by atoms with Crippen molar-refractivity contribution in [2.75, 3.05) is 0 Å². The monoisotopic (exact) mass is 172 g/mol. The van der Waals surface area contributed by atoms with E-state index >= 15 is 0 Å². The van der Waals surface area contributed by atoms with Gasteiger partial charge in [0, 0.05) is 6.42 Å². The number of carbonyl (C=O) groups is 1. The second kappa shape index (κ2) is 3.45. The highest BCUT2D eigenvalue weighted by Gasteiger charge is 2.42. The Morgan fingerprint density at radius 2 is 2.18 bits per heavy atom. The van der Waals surface area contributed by atoms with Crippen molar-refractivity contribution in [1.29, 1.82) is 0 Å². The molecule has 1 atom stereocenters. The standard InChI is InChI=1S/C5H7F3O3/c1-2-5(8,3(6)7)11-4(9)10/h3H,2H2,1H3,(H,9,10). The molecule has 6 heteroatoms. The Labute approximate surface area is 60.8 Å². The first-order valence-corrected chi connectivity index (χ1v) is 2.81. The van der Waals surface area contributed by atoms with Crippen LogP contribution in [0.25, 0.3) is 0 Å². The second-order valence-corrected chi connectivity index (χ2v) is 1.81. The lowest BCUT2D eigenvalue weighted by Crippen LogP contribution is -2.36. The molecule has 1 N–H and O–H groups in total. The summed E-state index contributed by atoms with van der Waals surface area (Å²) < 4.78 is 39.3. The maximum Gasteiger partial charge on any atom is 0.508 e. The number of hydrogen-bond acceptors (Lipinski definition) is 2. The molecule has 0 heterocycles. The van der Waals surface area contributed by atoms with E-state index in [1.807, 2.05) is 0 Å². The van der Waals surface area contributed by atoms with Crippen molar-refractivity contribution in [3.8, 4) is 0 Å². The van der Waals surface area contributed by atoms with Gasteiger partial charge in [0.05, 0.1) is 0 Å². The summed E-state index contributed by atoms with van der Waals surface area (Å²) in [6, 6.07) is 0. The van der Waals surface area contributed by atoms with E-state index in [0.717, 1.165) is 6.92 Å². The first-order chi connectivity index (χ1) is 4.92. The number of alkyl halides is 3. The summed E-state index contributed by atoms with van der Waals surface area (Å²) in [6.45, 7) is 1.06. The Hall–Kier alpha value is -0.940. The highest BCUT2D eigenvalue weighted by atomic mass is 19.3. The summed E-state index contributed by atoms with van der Waals surface area (Å²) in [6.07, 6.45) is -6.21. The van der Waals surface area contributed by atoms with Crippen molar-refractivity contribution in [2.24, 2.45) is 0 Å². The minimum absolute atomic E-state index is 0.711. The summed E-state index contributed by atoms with van der Waals surface area (Å²) in [4.78, 5) is 9.68. The van der Waals surface area contributed by atoms with Crippen LogP contribution in [0.2, 0.25) is 0 Å². The van der Waals surface area contributed by atoms with Crippen molar-refractivity contribution in [1.82, 2.24) is 0 Å². The molecule has 3 nitrogen and oxygen atoms in total. The predicted molar refractivity (Wildman–Crippen MR) is 29.2 cm³/mol. The third-order valence-electron chi connectivity index (χ3n) is 1.06. The fourth-order valence-electron chi connectivity index (χ4n) is 0.416.